The molecule has 1 saturated carbocycles. The van der Waals surface area contributed by atoms with Crippen molar-refractivity contribution in [3.63, 3.8) is 0 Å². The number of thioether (sulfide) groups is 2. The number of hydrogen-bond donors (Lipinski definition) is 2. The zero-order valence-corrected chi connectivity index (χ0v) is 17.0. The standard InChI is InChI=1S/C19H20N2O3S3/c22-18(20-16-5-1-4-14(11-16)19-25-9-10-26-19)13-3-2-6-17(12-13)27(23,24)21-15-7-8-15/h1-6,11-12,15,19,21H,7-10H2,(H,20,22). The average Bonchev–Trinajstić information content (AvgIpc) is 3.29. The van der Waals surface area contributed by atoms with Crippen LogP contribution in [0.4, 0.5) is 5.69 Å². The number of amides is 1. The first-order valence-corrected chi connectivity index (χ1v) is 12.4. The van der Waals surface area contributed by atoms with Gasteiger partial charge in [-0.2, -0.15) is 0 Å². The van der Waals surface area contributed by atoms with E-state index in [9.17, 15) is 13.2 Å². The summed E-state index contributed by atoms with van der Waals surface area (Å²) >= 11 is 3.82. The van der Waals surface area contributed by atoms with Gasteiger partial charge < -0.3 is 5.32 Å². The molecule has 0 unspecified atom stereocenters. The van der Waals surface area contributed by atoms with Crippen molar-refractivity contribution in [1.29, 1.82) is 0 Å². The Kier molecular flexibility index (Phi) is 5.50. The van der Waals surface area contributed by atoms with Gasteiger partial charge in [-0.05, 0) is 48.7 Å². The molecule has 1 saturated heterocycles. The molecule has 0 bridgehead atoms. The van der Waals surface area contributed by atoms with E-state index in [2.05, 4.69) is 16.1 Å². The van der Waals surface area contributed by atoms with E-state index in [0.717, 1.165) is 30.0 Å². The maximum atomic E-state index is 12.6. The summed E-state index contributed by atoms with van der Waals surface area (Å²) < 4.78 is 27.8. The van der Waals surface area contributed by atoms with Crippen LogP contribution >= 0.6 is 23.5 Å². The van der Waals surface area contributed by atoms with Crippen LogP contribution in [0, 0.1) is 0 Å². The summed E-state index contributed by atoms with van der Waals surface area (Å²) in [6.45, 7) is 0. The van der Waals surface area contributed by atoms with E-state index < -0.39 is 10.0 Å². The highest BCUT2D eigenvalue weighted by Gasteiger charge is 2.28. The summed E-state index contributed by atoms with van der Waals surface area (Å²) in [5.74, 6) is 1.96. The van der Waals surface area contributed by atoms with Gasteiger partial charge in [-0.1, -0.05) is 18.2 Å². The van der Waals surface area contributed by atoms with Gasteiger partial charge in [0.05, 0.1) is 9.48 Å². The average molecular weight is 421 g/mol. The number of nitrogens with one attached hydrogen (secondary N) is 2. The van der Waals surface area contributed by atoms with Crippen molar-refractivity contribution in [3.8, 4) is 0 Å². The normalized spacial score (nSPS) is 17.8. The lowest BCUT2D eigenvalue weighted by molar-refractivity contribution is 0.102. The fraction of sp³-hybridized carbons (Fsp3) is 0.316. The molecule has 5 nitrogen and oxygen atoms in total. The third kappa shape index (κ3) is 4.68. The Bertz CT molecular complexity index is 952. The van der Waals surface area contributed by atoms with Crippen LogP contribution in [-0.2, 0) is 10.0 Å². The highest BCUT2D eigenvalue weighted by molar-refractivity contribution is 8.19. The molecule has 27 heavy (non-hydrogen) atoms. The van der Waals surface area contributed by atoms with Crippen molar-refractivity contribution in [1.82, 2.24) is 4.72 Å². The lowest BCUT2D eigenvalue weighted by atomic mass is 10.2. The van der Waals surface area contributed by atoms with Crippen LogP contribution in [0.2, 0.25) is 0 Å². The number of carbonyl (C=O) groups is 1. The molecule has 1 heterocycles. The fourth-order valence-corrected chi connectivity index (χ4v) is 7.00. The zero-order chi connectivity index (χ0) is 18.9. The minimum atomic E-state index is -3.58. The summed E-state index contributed by atoms with van der Waals surface area (Å²) in [6.07, 6.45) is 1.74. The van der Waals surface area contributed by atoms with Crippen molar-refractivity contribution in [3.05, 3.63) is 59.7 Å². The van der Waals surface area contributed by atoms with Crippen molar-refractivity contribution in [2.24, 2.45) is 0 Å². The van der Waals surface area contributed by atoms with Crippen molar-refractivity contribution in [2.45, 2.75) is 28.4 Å². The fourth-order valence-electron chi connectivity index (χ4n) is 2.81. The van der Waals surface area contributed by atoms with Gasteiger partial charge in [0.1, 0.15) is 0 Å². The van der Waals surface area contributed by atoms with Gasteiger partial charge >= 0.3 is 0 Å². The molecule has 1 amide bonds. The van der Waals surface area contributed by atoms with Crippen molar-refractivity contribution < 1.29 is 13.2 Å². The third-order valence-corrected chi connectivity index (χ3v) is 8.97. The highest BCUT2D eigenvalue weighted by atomic mass is 32.2. The third-order valence-electron chi connectivity index (χ3n) is 4.34. The molecule has 142 valence electrons. The predicted molar refractivity (Wildman–Crippen MR) is 112 cm³/mol. The second-order valence-corrected chi connectivity index (χ2v) is 11.0. The molecule has 8 heteroatoms. The van der Waals surface area contributed by atoms with Crippen LogP contribution < -0.4 is 10.0 Å². The first-order chi connectivity index (χ1) is 13.0. The first kappa shape index (κ1) is 18.9. The second-order valence-electron chi connectivity index (χ2n) is 6.58. The molecule has 2 fully saturated rings. The number of hydrogen-bond acceptors (Lipinski definition) is 5. The monoisotopic (exact) mass is 420 g/mol. The molecule has 1 aliphatic heterocycles. The van der Waals surface area contributed by atoms with Crippen LogP contribution in [0.1, 0.15) is 33.3 Å². The topological polar surface area (TPSA) is 75.3 Å². The van der Waals surface area contributed by atoms with E-state index in [-0.39, 0.29) is 16.8 Å². The molecule has 4 rings (SSSR count). The predicted octanol–water partition coefficient (Wildman–Crippen LogP) is 3.86. The van der Waals surface area contributed by atoms with Gasteiger partial charge in [-0.25, -0.2) is 13.1 Å². The van der Waals surface area contributed by atoms with Crippen LogP contribution in [0.15, 0.2) is 53.4 Å². The summed E-state index contributed by atoms with van der Waals surface area (Å²) in [5, 5.41) is 2.88. The summed E-state index contributed by atoms with van der Waals surface area (Å²) in [5.41, 5.74) is 2.23. The van der Waals surface area contributed by atoms with Gasteiger partial charge in [0.25, 0.3) is 5.91 Å². The van der Waals surface area contributed by atoms with E-state index in [1.807, 2.05) is 41.7 Å². The number of anilines is 1. The van der Waals surface area contributed by atoms with E-state index in [1.54, 1.807) is 12.1 Å². The maximum absolute atomic E-state index is 12.6. The van der Waals surface area contributed by atoms with Crippen LogP contribution in [0.5, 0.6) is 0 Å². The van der Waals surface area contributed by atoms with Gasteiger partial charge in [-0.15, -0.1) is 23.5 Å². The van der Waals surface area contributed by atoms with Gasteiger partial charge in [0.15, 0.2) is 0 Å². The molecular weight excluding hydrogens is 400 g/mol. The minimum absolute atomic E-state index is 0.0292. The SMILES string of the molecule is O=C(Nc1cccc(C2SCCS2)c1)c1cccc(S(=O)(=O)NC2CC2)c1. The van der Waals surface area contributed by atoms with Gasteiger partial charge in [-0.3, -0.25) is 4.79 Å². The highest BCUT2D eigenvalue weighted by Crippen LogP contribution is 2.45. The number of carbonyl (C=O) groups excluding carboxylic acids is 1. The first-order valence-electron chi connectivity index (χ1n) is 8.78. The Morgan fingerprint density at radius 3 is 2.48 bits per heavy atom. The summed E-state index contributed by atoms with van der Waals surface area (Å²) in [4.78, 5) is 12.7. The maximum Gasteiger partial charge on any atom is 0.255 e. The Labute approximate surface area is 167 Å². The minimum Gasteiger partial charge on any atom is -0.322 e. The Morgan fingerprint density at radius 2 is 1.74 bits per heavy atom. The molecule has 0 aromatic heterocycles. The van der Waals surface area contributed by atoms with Gasteiger partial charge in [0, 0.05) is 28.8 Å². The van der Waals surface area contributed by atoms with Gasteiger partial charge in [0.2, 0.25) is 10.0 Å². The number of rotatable bonds is 6. The summed E-state index contributed by atoms with van der Waals surface area (Å²) in [6, 6.07) is 14.0. The molecular formula is C19H20N2O3S3. The Morgan fingerprint density at radius 1 is 1.00 bits per heavy atom. The van der Waals surface area contributed by atoms with Crippen LogP contribution in [0.25, 0.3) is 0 Å². The molecule has 2 aromatic rings. The molecule has 0 radical (unpaired) electrons. The molecule has 2 N–H and O–H groups in total. The van der Waals surface area contributed by atoms with E-state index >= 15 is 0 Å². The van der Waals surface area contributed by atoms with Crippen LogP contribution in [-0.4, -0.2) is 31.9 Å². The zero-order valence-electron chi connectivity index (χ0n) is 14.6. The largest absolute Gasteiger partial charge is 0.322 e. The lowest BCUT2D eigenvalue weighted by Crippen LogP contribution is -2.26. The Hall–Kier alpha value is -1.48. The molecule has 1 aliphatic carbocycles. The van der Waals surface area contributed by atoms with E-state index in [4.69, 9.17) is 0 Å². The van der Waals surface area contributed by atoms with E-state index in [1.165, 1.54) is 17.7 Å². The molecule has 2 aromatic carbocycles. The number of sulfonamides is 1. The van der Waals surface area contributed by atoms with Crippen molar-refractivity contribution >= 4 is 45.1 Å². The number of benzene rings is 2. The molecule has 2 aliphatic rings. The second kappa shape index (κ2) is 7.87. The Balaban J connectivity index is 1.50. The van der Waals surface area contributed by atoms with Crippen LogP contribution in [0.3, 0.4) is 0 Å². The summed E-state index contributed by atoms with van der Waals surface area (Å²) in [7, 11) is -3.58. The lowest BCUT2D eigenvalue weighted by Gasteiger charge is -2.12. The quantitative estimate of drug-likeness (QED) is 0.742. The molecule has 0 spiro atoms. The van der Waals surface area contributed by atoms with Crippen molar-refractivity contribution in [2.75, 3.05) is 16.8 Å². The van der Waals surface area contributed by atoms with E-state index in [0.29, 0.717) is 10.1 Å². The molecule has 0 atom stereocenters. The smallest absolute Gasteiger partial charge is 0.255 e.